The SMILES string of the molecule is CC(CCN)NC(=O)CC12CC3CC(C)(CC(C)(C3)C1)C2. The zero-order valence-electron chi connectivity index (χ0n) is 14.0. The molecule has 0 aromatic carbocycles. The highest BCUT2D eigenvalue weighted by Gasteiger charge is 2.60. The van der Waals surface area contributed by atoms with Crippen LogP contribution < -0.4 is 11.1 Å². The maximum atomic E-state index is 12.5. The molecule has 3 unspecified atom stereocenters. The highest BCUT2D eigenvalue weighted by atomic mass is 16.1. The van der Waals surface area contributed by atoms with Gasteiger partial charge in [-0.2, -0.15) is 0 Å². The Kier molecular flexibility index (Phi) is 3.63. The summed E-state index contributed by atoms with van der Waals surface area (Å²) >= 11 is 0. The number of carbonyl (C=O) groups excluding carboxylic acids is 1. The van der Waals surface area contributed by atoms with Crippen LogP contribution in [0.25, 0.3) is 0 Å². The van der Waals surface area contributed by atoms with Gasteiger partial charge in [-0.25, -0.2) is 0 Å². The van der Waals surface area contributed by atoms with Crippen molar-refractivity contribution in [3.05, 3.63) is 0 Å². The summed E-state index contributed by atoms with van der Waals surface area (Å²) in [4.78, 5) is 12.5. The normalized spacial score (nSPS) is 45.6. The second-order valence-corrected chi connectivity index (χ2v) is 9.35. The smallest absolute Gasteiger partial charge is 0.220 e. The van der Waals surface area contributed by atoms with Gasteiger partial charge in [-0.1, -0.05) is 13.8 Å². The third-order valence-electron chi connectivity index (χ3n) is 6.28. The largest absolute Gasteiger partial charge is 0.354 e. The molecule has 3 nitrogen and oxygen atoms in total. The molecule has 3 heteroatoms. The Bertz CT molecular complexity index is 415. The quantitative estimate of drug-likeness (QED) is 0.817. The van der Waals surface area contributed by atoms with Crippen LogP contribution in [-0.2, 0) is 4.79 Å². The molecule has 0 radical (unpaired) electrons. The Balaban J connectivity index is 1.69. The van der Waals surface area contributed by atoms with Crippen molar-refractivity contribution in [2.45, 2.75) is 78.2 Å². The topological polar surface area (TPSA) is 55.1 Å². The Morgan fingerprint density at radius 3 is 2.33 bits per heavy atom. The van der Waals surface area contributed by atoms with E-state index < -0.39 is 0 Å². The molecule has 0 heterocycles. The molecule has 3 atom stereocenters. The van der Waals surface area contributed by atoms with Crippen molar-refractivity contribution >= 4 is 5.91 Å². The van der Waals surface area contributed by atoms with E-state index in [1.54, 1.807) is 0 Å². The lowest BCUT2D eigenvalue weighted by molar-refractivity contribution is -0.156. The van der Waals surface area contributed by atoms with E-state index in [1.807, 2.05) is 0 Å². The van der Waals surface area contributed by atoms with Crippen LogP contribution in [0.5, 0.6) is 0 Å². The lowest BCUT2D eigenvalue weighted by Crippen LogP contribution is -2.56. The molecular weight excluding hydrogens is 260 g/mol. The van der Waals surface area contributed by atoms with Gasteiger partial charge in [-0.05, 0) is 80.6 Å². The number of rotatable bonds is 5. The summed E-state index contributed by atoms with van der Waals surface area (Å²) in [7, 11) is 0. The van der Waals surface area contributed by atoms with Gasteiger partial charge in [0, 0.05) is 12.5 Å². The predicted octanol–water partition coefficient (Wildman–Crippen LogP) is 3.23. The van der Waals surface area contributed by atoms with Crippen LogP contribution >= 0.6 is 0 Å². The van der Waals surface area contributed by atoms with Crippen LogP contribution in [-0.4, -0.2) is 18.5 Å². The Labute approximate surface area is 129 Å². The lowest BCUT2D eigenvalue weighted by Gasteiger charge is -2.65. The highest BCUT2D eigenvalue weighted by molar-refractivity contribution is 5.77. The van der Waals surface area contributed by atoms with E-state index >= 15 is 0 Å². The average molecular weight is 292 g/mol. The Hall–Kier alpha value is -0.570. The number of carbonyl (C=O) groups is 1. The van der Waals surface area contributed by atoms with Crippen LogP contribution in [0.15, 0.2) is 0 Å². The molecule has 4 rings (SSSR count). The van der Waals surface area contributed by atoms with Crippen LogP contribution in [0.4, 0.5) is 0 Å². The van der Waals surface area contributed by atoms with Gasteiger partial charge in [0.15, 0.2) is 0 Å². The molecule has 0 aromatic rings. The van der Waals surface area contributed by atoms with Crippen molar-refractivity contribution in [1.82, 2.24) is 5.32 Å². The van der Waals surface area contributed by atoms with Gasteiger partial charge in [0.1, 0.15) is 0 Å². The molecule has 0 aliphatic heterocycles. The number of hydrogen-bond donors (Lipinski definition) is 2. The van der Waals surface area contributed by atoms with Crippen LogP contribution in [0.2, 0.25) is 0 Å². The first-order valence-corrected chi connectivity index (χ1v) is 8.75. The summed E-state index contributed by atoms with van der Waals surface area (Å²) in [5, 5.41) is 3.16. The van der Waals surface area contributed by atoms with E-state index in [0.717, 1.165) is 18.8 Å². The average Bonchev–Trinajstić information content (AvgIpc) is 2.21. The molecule has 4 saturated carbocycles. The maximum absolute atomic E-state index is 12.5. The standard InChI is InChI=1S/C18H32N2O/c1-13(4-5-19)20-15(21)9-18-8-14-6-16(2,11-18)10-17(3,7-14)12-18/h13-14H,4-12,19H2,1-3H3,(H,20,21). The molecule has 1 amide bonds. The van der Waals surface area contributed by atoms with Crippen molar-refractivity contribution in [1.29, 1.82) is 0 Å². The first-order chi connectivity index (χ1) is 9.76. The van der Waals surface area contributed by atoms with Crippen LogP contribution in [0, 0.1) is 22.2 Å². The van der Waals surface area contributed by atoms with Gasteiger partial charge in [-0.3, -0.25) is 4.79 Å². The third-order valence-corrected chi connectivity index (χ3v) is 6.28. The van der Waals surface area contributed by atoms with Gasteiger partial charge in [0.05, 0.1) is 0 Å². The molecule has 4 aliphatic carbocycles. The summed E-state index contributed by atoms with van der Waals surface area (Å²) in [5.41, 5.74) is 6.86. The molecule has 0 saturated heterocycles. The van der Waals surface area contributed by atoms with E-state index in [-0.39, 0.29) is 17.4 Å². The monoisotopic (exact) mass is 292 g/mol. The van der Waals surface area contributed by atoms with Crippen LogP contribution in [0.1, 0.15) is 72.1 Å². The molecule has 120 valence electrons. The lowest BCUT2D eigenvalue weighted by atomic mass is 9.40. The van der Waals surface area contributed by atoms with E-state index in [4.69, 9.17) is 5.73 Å². The summed E-state index contributed by atoms with van der Waals surface area (Å²) in [6, 6.07) is 0.211. The second-order valence-electron chi connectivity index (χ2n) is 9.35. The first-order valence-electron chi connectivity index (χ1n) is 8.75. The number of nitrogens with two attached hydrogens (primary N) is 1. The summed E-state index contributed by atoms with van der Waals surface area (Å²) in [5.74, 6) is 1.12. The number of nitrogens with one attached hydrogen (secondary N) is 1. The molecule has 21 heavy (non-hydrogen) atoms. The van der Waals surface area contributed by atoms with E-state index in [9.17, 15) is 4.79 Å². The van der Waals surface area contributed by atoms with Gasteiger partial charge in [0.2, 0.25) is 5.91 Å². The first kappa shape index (κ1) is 15.3. The fraction of sp³-hybridized carbons (Fsp3) is 0.944. The molecule has 4 fully saturated rings. The van der Waals surface area contributed by atoms with Crippen LogP contribution in [0.3, 0.4) is 0 Å². The summed E-state index contributed by atoms with van der Waals surface area (Å²) < 4.78 is 0. The molecule has 0 spiro atoms. The van der Waals surface area contributed by atoms with Crippen molar-refractivity contribution in [2.24, 2.45) is 27.9 Å². The molecular formula is C18H32N2O. The Morgan fingerprint density at radius 1 is 1.19 bits per heavy atom. The zero-order valence-corrected chi connectivity index (χ0v) is 14.0. The summed E-state index contributed by atoms with van der Waals surface area (Å²) in [6.45, 7) is 7.65. The van der Waals surface area contributed by atoms with Gasteiger partial charge in [-0.15, -0.1) is 0 Å². The molecule has 4 aliphatic rings. The number of hydrogen-bond acceptors (Lipinski definition) is 2. The molecule has 4 bridgehead atoms. The molecule has 0 aromatic heterocycles. The van der Waals surface area contributed by atoms with Crippen molar-refractivity contribution in [3.8, 4) is 0 Å². The van der Waals surface area contributed by atoms with Gasteiger partial charge < -0.3 is 11.1 Å². The third kappa shape index (κ3) is 2.99. The molecule has 3 N–H and O–H groups in total. The van der Waals surface area contributed by atoms with Crippen molar-refractivity contribution in [2.75, 3.05) is 6.54 Å². The minimum Gasteiger partial charge on any atom is -0.354 e. The fourth-order valence-electron chi connectivity index (χ4n) is 6.87. The zero-order chi connectivity index (χ0) is 15.3. The van der Waals surface area contributed by atoms with E-state index in [1.165, 1.54) is 38.5 Å². The van der Waals surface area contributed by atoms with Crippen molar-refractivity contribution in [3.63, 3.8) is 0 Å². The van der Waals surface area contributed by atoms with Crippen molar-refractivity contribution < 1.29 is 4.79 Å². The maximum Gasteiger partial charge on any atom is 0.220 e. The number of amides is 1. The minimum atomic E-state index is 0.211. The Morgan fingerprint density at radius 2 is 1.81 bits per heavy atom. The highest BCUT2D eigenvalue weighted by Crippen LogP contribution is 2.70. The fourth-order valence-corrected chi connectivity index (χ4v) is 6.87. The second kappa shape index (κ2) is 4.97. The van der Waals surface area contributed by atoms with Gasteiger partial charge >= 0.3 is 0 Å². The van der Waals surface area contributed by atoms with Gasteiger partial charge in [0.25, 0.3) is 0 Å². The predicted molar refractivity (Wildman–Crippen MR) is 85.7 cm³/mol. The minimum absolute atomic E-state index is 0.211. The van der Waals surface area contributed by atoms with E-state index in [2.05, 4.69) is 26.1 Å². The summed E-state index contributed by atoms with van der Waals surface area (Å²) in [6.07, 6.45) is 9.61. The van der Waals surface area contributed by atoms with E-state index in [0.29, 0.717) is 17.4 Å².